The summed E-state index contributed by atoms with van der Waals surface area (Å²) >= 11 is 7.39. The SMILES string of the molecule is COC(=O)c1sc(N2CCCC(c3ccccc3)CC2)nc1Cl. The van der Waals surface area contributed by atoms with Gasteiger partial charge in [0.25, 0.3) is 0 Å². The molecule has 122 valence electrons. The number of carbonyl (C=O) groups excluding carboxylic acids is 1. The third-order valence-corrected chi connectivity index (χ3v) is 5.70. The maximum absolute atomic E-state index is 11.7. The molecule has 0 N–H and O–H groups in total. The summed E-state index contributed by atoms with van der Waals surface area (Å²) in [5, 5.41) is 1.05. The zero-order valence-electron chi connectivity index (χ0n) is 13.0. The minimum atomic E-state index is -0.421. The first-order valence-electron chi connectivity index (χ1n) is 7.73. The maximum atomic E-state index is 11.7. The van der Waals surface area contributed by atoms with E-state index in [0.29, 0.717) is 10.8 Å². The number of hydrogen-bond donors (Lipinski definition) is 0. The fraction of sp³-hybridized carbons (Fsp3) is 0.412. The van der Waals surface area contributed by atoms with E-state index in [1.165, 1.54) is 30.4 Å². The normalized spacial score (nSPS) is 18.5. The van der Waals surface area contributed by atoms with Gasteiger partial charge < -0.3 is 9.64 Å². The molecule has 0 saturated carbocycles. The van der Waals surface area contributed by atoms with Gasteiger partial charge in [-0.05, 0) is 30.7 Å². The molecule has 2 heterocycles. The average Bonchev–Trinajstić information content (AvgIpc) is 2.82. The third-order valence-electron chi connectivity index (χ3n) is 4.21. The molecule has 2 aromatic rings. The van der Waals surface area contributed by atoms with Gasteiger partial charge in [-0.2, -0.15) is 0 Å². The lowest BCUT2D eigenvalue weighted by molar-refractivity contribution is 0.0606. The van der Waals surface area contributed by atoms with Gasteiger partial charge in [-0.3, -0.25) is 0 Å². The summed E-state index contributed by atoms with van der Waals surface area (Å²) in [6.07, 6.45) is 3.35. The van der Waals surface area contributed by atoms with Crippen LogP contribution in [0.2, 0.25) is 5.15 Å². The molecule has 1 aromatic heterocycles. The van der Waals surface area contributed by atoms with Gasteiger partial charge in [0.1, 0.15) is 0 Å². The fourth-order valence-electron chi connectivity index (χ4n) is 2.99. The van der Waals surface area contributed by atoms with Crippen LogP contribution in [0.15, 0.2) is 30.3 Å². The molecule has 23 heavy (non-hydrogen) atoms. The third kappa shape index (κ3) is 3.67. The van der Waals surface area contributed by atoms with Crippen LogP contribution in [0.5, 0.6) is 0 Å². The van der Waals surface area contributed by atoms with Crippen molar-refractivity contribution in [1.82, 2.24) is 4.98 Å². The molecule has 3 rings (SSSR count). The van der Waals surface area contributed by atoms with E-state index in [9.17, 15) is 4.79 Å². The van der Waals surface area contributed by atoms with Crippen molar-refractivity contribution in [2.45, 2.75) is 25.2 Å². The molecular weight excluding hydrogens is 332 g/mol. The fourth-order valence-corrected chi connectivity index (χ4v) is 4.24. The summed E-state index contributed by atoms with van der Waals surface area (Å²) in [6.45, 7) is 1.86. The molecule has 1 saturated heterocycles. The topological polar surface area (TPSA) is 42.4 Å². The van der Waals surface area contributed by atoms with Crippen LogP contribution in [0.1, 0.15) is 40.4 Å². The van der Waals surface area contributed by atoms with Crippen LogP contribution in [0.3, 0.4) is 0 Å². The van der Waals surface area contributed by atoms with Crippen molar-refractivity contribution in [1.29, 1.82) is 0 Å². The van der Waals surface area contributed by atoms with Crippen molar-refractivity contribution >= 4 is 34.0 Å². The number of carbonyl (C=O) groups is 1. The van der Waals surface area contributed by atoms with E-state index < -0.39 is 5.97 Å². The molecule has 1 unspecified atom stereocenters. The molecule has 1 aliphatic heterocycles. The van der Waals surface area contributed by atoms with Gasteiger partial charge in [0.05, 0.1) is 7.11 Å². The highest BCUT2D eigenvalue weighted by atomic mass is 35.5. The Kier molecular flexibility index (Phi) is 5.18. The van der Waals surface area contributed by atoms with Crippen LogP contribution < -0.4 is 4.90 Å². The molecule has 1 aliphatic rings. The minimum absolute atomic E-state index is 0.237. The number of methoxy groups -OCH3 is 1. The quantitative estimate of drug-likeness (QED) is 0.771. The predicted molar refractivity (Wildman–Crippen MR) is 93.7 cm³/mol. The maximum Gasteiger partial charge on any atom is 0.351 e. The molecule has 1 atom stereocenters. The van der Waals surface area contributed by atoms with Gasteiger partial charge in [0.15, 0.2) is 15.2 Å². The Bertz CT molecular complexity index is 674. The van der Waals surface area contributed by atoms with E-state index in [2.05, 4.69) is 40.2 Å². The monoisotopic (exact) mass is 350 g/mol. The number of esters is 1. The standard InChI is InChI=1S/C17H19ClN2O2S/c1-22-16(21)14-15(18)19-17(23-14)20-10-5-8-13(9-11-20)12-6-3-2-4-7-12/h2-4,6-7,13H,5,8-11H2,1H3. The van der Waals surface area contributed by atoms with Gasteiger partial charge in [0.2, 0.25) is 0 Å². The molecule has 4 nitrogen and oxygen atoms in total. The summed E-state index contributed by atoms with van der Waals surface area (Å²) in [5.74, 6) is 0.160. The van der Waals surface area contributed by atoms with Crippen molar-refractivity contribution in [3.8, 4) is 0 Å². The van der Waals surface area contributed by atoms with Crippen molar-refractivity contribution in [2.24, 2.45) is 0 Å². The number of hydrogen-bond acceptors (Lipinski definition) is 5. The Balaban J connectivity index is 1.72. The highest BCUT2D eigenvalue weighted by Gasteiger charge is 2.23. The van der Waals surface area contributed by atoms with Crippen LogP contribution in [0, 0.1) is 0 Å². The predicted octanol–water partition coefficient (Wildman–Crippen LogP) is 4.36. The molecule has 0 amide bonds. The van der Waals surface area contributed by atoms with E-state index in [-0.39, 0.29) is 5.15 Å². The number of halogens is 1. The number of benzene rings is 1. The second kappa shape index (κ2) is 7.32. The Labute approximate surface area is 145 Å². The van der Waals surface area contributed by atoms with E-state index >= 15 is 0 Å². The molecule has 1 aromatic carbocycles. The van der Waals surface area contributed by atoms with E-state index in [4.69, 9.17) is 16.3 Å². The second-order valence-electron chi connectivity index (χ2n) is 5.63. The van der Waals surface area contributed by atoms with Gasteiger partial charge in [0, 0.05) is 13.1 Å². The van der Waals surface area contributed by atoms with Crippen molar-refractivity contribution < 1.29 is 9.53 Å². The zero-order valence-corrected chi connectivity index (χ0v) is 14.6. The molecule has 0 aliphatic carbocycles. The highest BCUT2D eigenvalue weighted by molar-refractivity contribution is 7.18. The second-order valence-corrected chi connectivity index (χ2v) is 6.97. The molecule has 0 spiro atoms. The number of ether oxygens (including phenoxy) is 1. The van der Waals surface area contributed by atoms with Crippen LogP contribution in [0.4, 0.5) is 5.13 Å². The summed E-state index contributed by atoms with van der Waals surface area (Å²) in [4.78, 5) is 18.6. The lowest BCUT2D eigenvalue weighted by Gasteiger charge is -2.19. The number of aromatic nitrogens is 1. The number of anilines is 1. The summed E-state index contributed by atoms with van der Waals surface area (Å²) < 4.78 is 4.75. The van der Waals surface area contributed by atoms with Crippen LogP contribution in [0.25, 0.3) is 0 Å². The Morgan fingerprint density at radius 2 is 2.09 bits per heavy atom. The minimum Gasteiger partial charge on any atom is -0.465 e. The van der Waals surface area contributed by atoms with Crippen LogP contribution in [-0.2, 0) is 4.74 Å². The van der Waals surface area contributed by atoms with E-state index in [1.54, 1.807) is 0 Å². The molecular formula is C17H19ClN2O2S. The molecule has 1 fully saturated rings. The Morgan fingerprint density at radius 1 is 1.30 bits per heavy atom. The summed E-state index contributed by atoms with van der Waals surface area (Å²) in [6, 6.07) is 10.7. The first-order valence-corrected chi connectivity index (χ1v) is 8.93. The summed E-state index contributed by atoms with van der Waals surface area (Å²) in [5.41, 5.74) is 1.40. The highest BCUT2D eigenvalue weighted by Crippen LogP contribution is 2.34. The zero-order chi connectivity index (χ0) is 16.2. The van der Waals surface area contributed by atoms with E-state index in [1.807, 2.05) is 0 Å². The largest absolute Gasteiger partial charge is 0.465 e. The number of rotatable bonds is 3. The van der Waals surface area contributed by atoms with E-state index in [0.717, 1.165) is 31.1 Å². The van der Waals surface area contributed by atoms with Gasteiger partial charge in [-0.1, -0.05) is 53.3 Å². The Hall–Kier alpha value is -1.59. The van der Waals surface area contributed by atoms with Crippen LogP contribution in [-0.4, -0.2) is 31.2 Å². The van der Waals surface area contributed by atoms with Gasteiger partial charge in [-0.15, -0.1) is 0 Å². The van der Waals surface area contributed by atoms with Crippen molar-refractivity contribution in [3.63, 3.8) is 0 Å². The van der Waals surface area contributed by atoms with Crippen molar-refractivity contribution in [2.75, 3.05) is 25.1 Å². The molecule has 0 bridgehead atoms. The first-order chi connectivity index (χ1) is 11.2. The lowest BCUT2D eigenvalue weighted by Crippen LogP contribution is -2.23. The van der Waals surface area contributed by atoms with Crippen molar-refractivity contribution in [3.05, 3.63) is 45.9 Å². The first kappa shape index (κ1) is 16.3. The molecule has 0 radical (unpaired) electrons. The summed E-state index contributed by atoms with van der Waals surface area (Å²) in [7, 11) is 1.36. The lowest BCUT2D eigenvalue weighted by atomic mass is 9.92. The van der Waals surface area contributed by atoms with Crippen LogP contribution >= 0.6 is 22.9 Å². The average molecular weight is 351 g/mol. The van der Waals surface area contributed by atoms with Gasteiger partial charge in [-0.25, -0.2) is 9.78 Å². The van der Waals surface area contributed by atoms with Gasteiger partial charge >= 0.3 is 5.97 Å². The smallest absolute Gasteiger partial charge is 0.351 e. The Morgan fingerprint density at radius 3 is 2.83 bits per heavy atom. The molecule has 6 heteroatoms. The number of nitrogens with zero attached hydrogens (tertiary/aromatic N) is 2. The number of thiazole rings is 1.